The Morgan fingerprint density at radius 3 is 2.65 bits per heavy atom. The van der Waals surface area contributed by atoms with Gasteiger partial charge in [-0.05, 0) is 81.4 Å². The zero-order valence-corrected chi connectivity index (χ0v) is 18.6. The van der Waals surface area contributed by atoms with Gasteiger partial charge in [-0.2, -0.15) is 0 Å². The molecule has 3 aromatic heterocycles. The number of nitrogens with one attached hydrogen (secondary N) is 2. The molecule has 1 saturated carbocycles. The third kappa shape index (κ3) is 5.31. The van der Waals surface area contributed by atoms with Crippen LogP contribution in [0.2, 0.25) is 0 Å². The van der Waals surface area contributed by atoms with Crippen LogP contribution in [-0.2, 0) is 6.54 Å². The fraction of sp³-hybridized carbons (Fsp3) is 0.522. The van der Waals surface area contributed by atoms with Crippen LogP contribution in [0.3, 0.4) is 0 Å². The molecule has 0 aromatic carbocycles. The Kier molecular flexibility index (Phi) is 6.29. The maximum absolute atomic E-state index is 9.82. The average Bonchev–Trinajstić information content (AvgIpc) is 3.18. The Morgan fingerprint density at radius 2 is 1.84 bits per heavy atom. The topological polar surface area (TPSA) is 86.2 Å². The Labute approximate surface area is 186 Å². The minimum atomic E-state index is -0.152. The van der Waals surface area contributed by atoms with Gasteiger partial charge >= 0.3 is 0 Å². The van der Waals surface area contributed by atoms with Crippen molar-refractivity contribution in [3.05, 3.63) is 36.0 Å². The molecule has 1 aliphatic carbocycles. The predicted molar refractivity (Wildman–Crippen MR) is 126 cm³/mol. The van der Waals surface area contributed by atoms with Crippen LogP contribution in [-0.4, -0.2) is 50.2 Å². The highest BCUT2D eigenvalue weighted by Crippen LogP contribution is 2.28. The number of anilines is 3. The summed E-state index contributed by atoms with van der Waals surface area (Å²) in [5.74, 6) is 1.71. The molecule has 3 N–H and O–H groups in total. The monoisotopic (exact) mass is 438 g/mol. The number of piperidine rings is 1. The number of aliphatic hydroxyl groups is 1. The van der Waals surface area contributed by atoms with Gasteiger partial charge in [0.1, 0.15) is 22.0 Å². The van der Waals surface area contributed by atoms with Crippen molar-refractivity contribution >= 4 is 38.5 Å². The van der Waals surface area contributed by atoms with Gasteiger partial charge in [-0.3, -0.25) is 4.90 Å². The number of fused-ring (bicyclic) bond motifs is 1. The van der Waals surface area contributed by atoms with Crippen molar-refractivity contribution in [2.45, 2.75) is 63.6 Å². The number of aromatic nitrogens is 3. The molecule has 0 spiro atoms. The predicted octanol–water partition coefficient (Wildman–Crippen LogP) is 4.53. The van der Waals surface area contributed by atoms with Gasteiger partial charge in [0.2, 0.25) is 0 Å². The van der Waals surface area contributed by atoms with E-state index in [4.69, 9.17) is 4.98 Å². The lowest BCUT2D eigenvalue weighted by molar-refractivity contribution is 0.126. The van der Waals surface area contributed by atoms with E-state index in [1.54, 1.807) is 17.5 Å². The Hall–Kier alpha value is -2.29. The molecular formula is C23H30N6OS. The molecule has 2 aliphatic rings. The zero-order chi connectivity index (χ0) is 21.0. The third-order valence-electron chi connectivity index (χ3n) is 6.19. The lowest BCUT2D eigenvalue weighted by Crippen LogP contribution is -2.30. The molecule has 31 heavy (non-hydrogen) atoms. The number of pyridine rings is 2. The fourth-order valence-electron chi connectivity index (χ4n) is 4.55. The Morgan fingerprint density at radius 1 is 1.03 bits per heavy atom. The molecule has 164 valence electrons. The molecule has 7 nitrogen and oxygen atoms in total. The van der Waals surface area contributed by atoms with Crippen molar-refractivity contribution in [1.82, 2.24) is 19.9 Å². The highest BCUT2D eigenvalue weighted by molar-refractivity contribution is 7.21. The summed E-state index contributed by atoms with van der Waals surface area (Å²) in [6.07, 6.45) is 9.22. The summed E-state index contributed by atoms with van der Waals surface area (Å²) < 4.78 is 0. The summed E-state index contributed by atoms with van der Waals surface area (Å²) in [6, 6.07) is 8.58. The van der Waals surface area contributed by atoms with Crippen LogP contribution in [0.15, 0.2) is 30.5 Å². The molecule has 8 heteroatoms. The smallest absolute Gasteiger partial charge is 0.190 e. The van der Waals surface area contributed by atoms with E-state index < -0.39 is 0 Å². The van der Waals surface area contributed by atoms with Gasteiger partial charge in [0.15, 0.2) is 5.13 Å². The Balaban J connectivity index is 1.37. The number of hydrogen-bond donors (Lipinski definition) is 3. The third-order valence-corrected chi connectivity index (χ3v) is 7.08. The molecule has 5 rings (SSSR count). The van der Waals surface area contributed by atoms with Crippen LogP contribution < -0.4 is 10.6 Å². The first kappa shape index (κ1) is 20.6. The number of rotatable bonds is 6. The largest absolute Gasteiger partial charge is 0.393 e. The van der Waals surface area contributed by atoms with Crippen molar-refractivity contribution in [1.29, 1.82) is 0 Å². The molecule has 0 atom stereocenters. The van der Waals surface area contributed by atoms with Crippen LogP contribution in [0.25, 0.3) is 10.3 Å². The van der Waals surface area contributed by atoms with Gasteiger partial charge < -0.3 is 15.7 Å². The second-order valence-electron chi connectivity index (χ2n) is 8.70. The molecule has 0 amide bonds. The van der Waals surface area contributed by atoms with E-state index in [2.05, 4.69) is 37.6 Å². The average molecular weight is 439 g/mol. The summed E-state index contributed by atoms with van der Waals surface area (Å²) >= 11 is 1.54. The van der Waals surface area contributed by atoms with E-state index in [-0.39, 0.29) is 6.10 Å². The molecule has 2 fully saturated rings. The van der Waals surface area contributed by atoms with Crippen molar-refractivity contribution in [3.63, 3.8) is 0 Å². The van der Waals surface area contributed by atoms with Crippen molar-refractivity contribution < 1.29 is 5.11 Å². The number of nitrogens with zero attached hydrogens (tertiary/aromatic N) is 4. The summed E-state index contributed by atoms with van der Waals surface area (Å²) in [5.41, 5.74) is 2.16. The van der Waals surface area contributed by atoms with E-state index in [9.17, 15) is 5.11 Å². The first-order valence-corrected chi connectivity index (χ1v) is 12.2. The fourth-order valence-corrected chi connectivity index (χ4v) is 5.37. The van der Waals surface area contributed by atoms with Gasteiger partial charge in [0.25, 0.3) is 0 Å². The lowest BCUT2D eigenvalue weighted by Gasteiger charge is -2.28. The van der Waals surface area contributed by atoms with E-state index in [0.717, 1.165) is 72.4 Å². The van der Waals surface area contributed by atoms with E-state index in [1.807, 2.05) is 12.1 Å². The maximum Gasteiger partial charge on any atom is 0.190 e. The van der Waals surface area contributed by atoms with Gasteiger partial charge in [-0.25, -0.2) is 15.0 Å². The van der Waals surface area contributed by atoms with Crippen LogP contribution in [0.4, 0.5) is 16.8 Å². The highest BCUT2D eigenvalue weighted by Gasteiger charge is 2.20. The number of likely N-dealkylation sites (tertiary alicyclic amines) is 1. The number of aliphatic hydroxyl groups excluding tert-OH is 1. The first-order valence-electron chi connectivity index (χ1n) is 11.4. The molecule has 0 unspecified atom stereocenters. The lowest BCUT2D eigenvalue weighted by atomic mass is 9.93. The maximum atomic E-state index is 9.82. The molecular weight excluding hydrogens is 408 g/mol. The summed E-state index contributed by atoms with van der Waals surface area (Å²) in [5, 5.41) is 17.7. The van der Waals surface area contributed by atoms with Gasteiger partial charge in [0, 0.05) is 18.8 Å². The van der Waals surface area contributed by atoms with Crippen molar-refractivity contribution in [2.24, 2.45) is 0 Å². The first-order chi connectivity index (χ1) is 15.2. The second kappa shape index (κ2) is 9.46. The number of hydrogen-bond acceptors (Lipinski definition) is 8. The molecule has 3 aromatic rings. The van der Waals surface area contributed by atoms with Crippen LogP contribution in [0, 0.1) is 0 Å². The normalized spacial score (nSPS) is 22.5. The van der Waals surface area contributed by atoms with Crippen LogP contribution >= 0.6 is 11.3 Å². The minimum Gasteiger partial charge on any atom is -0.393 e. The Bertz CT molecular complexity index is 977. The standard InChI is InChI=1S/C23H30N6OS/c30-18-8-6-17(7-9-18)25-20-13-16(15-29-11-2-1-3-12-29)14-21(27-20)28-23-26-19-5-4-10-24-22(19)31-23/h4-5,10,13-14,17-18,30H,1-3,6-9,11-12,15H2,(H2,25,26,27,28)/t17-,18-. The molecule has 1 saturated heterocycles. The van der Waals surface area contributed by atoms with Gasteiger partial charge in [-0.15, -0.1) is 0 Å². The van der Waals surface area contributed by atoms with Crippen LogP contribution in [0.1, 0.15) is 50.5 Å². The number of thiazole rings is 1. The highest BCUT2D eigenvalue weighted by atomic mass is 32.1. The molecule has 0 radical (unpaired) electrons. The molecule has 4 heterocycles. The summed E-state index contributed by atoms with van der Waals surface area (Å²) in [6.45, 7) is 3.27. The summed E-state index contributed by atoms with van der Waals surface area (Å²) in [7, 11) is 0. The zero-order valence-electron chi connectivity index (χ0n) is 17.8. The minimum absolute atomic E-state index is 0.152. The second-order valence-corrected chi connectivity index (χ2v) is 9.68. The summed E-state index contributed by atoms with van der Waals surface area (Å²) in [4.78, 5) is 17.4. The van der Waals surface area contributed by atoms with Crippen molar-refractivity contribution in [3.8, 4) is 0 Å². The van der Waals surface area contributed by atoms with Crippen LogP contribution in [0.5, 0.6) is 0 Å². The molecule has 1 aliphatic heterocycles. The van der Waals surface area contributed by atoms with Gasteiger partial charge in [-0.1, -0.05) is 17.8 Å². The van der Waals surface area contributed by atoms with Gasteiger partial charge in [0.05, 0.1) is 6.10 Å². The SMILES string of the molecule is O[C@H]1CC[C@H](Nc2cc(CN3CCCCC3)cc(Nc3nc4cccnc4s3)n2)CC1. The van der Waals surface area contributed by atoms with Crippen molar-refractivity contribution in [2.75, 3.05) is 23.7 Å². The van der Waals surface area contributed by atoms with E-state index >= 15 is 0 Å². The van der Waals surface area contributed by atoms with E-state index in [0.29, 0.717) is 6.04 Å². The molecule has 0 bridgehead atoms. The van der Waals surface area contributed by atoms with E-state index in [1.165, 1.54) is 24.8 Å². The quantitative estimate of drug-likeness (QED) is 0.521.